The monoisotopic (exact) mass is 248 g/mol. The van der Waals surface area contributed by atoms with Crippen LogP contribution in [0.25, 0.3) is 11.1 Å². The summed E-state index contributed by atoms with van der Waals surface area (Å²) in [6.45, 7) is 0. The van der Waals surface area contributed by atoms with Crippen LogP contribution in [0.4, 0.5) is 0 Å². The first-order valence-corrected chi connectivity index (χ1v) is 5.27. The first kappa shape index (κ1) is 11.5. The lowest BCUT2D eigenvalue weighted by Crippen LogP contribution is -1.96. The van der Waals surface area contributed by atoms with Gasteiger partial charge in [-0.2, -0.15) is 0 Å². The van der Waals surface area contributed by atoms with Gasteiger partial charge in [-0.25, -0.2) is 4.79 Å². The second-order valence-electron chi connectivity index (χ2n) is 3.58. The van der Waals surface area contributed by atoms with Gasteiger partial charge < -0.3 is 10.2 Å². The predicted molar refractivity (Wildman–Crippen MR) is 65.5 cm³/mol. The van der Waals surface area contributed by atoms with Crippen LogP contribution in [-0.4, -0.2) is 16.2 Å². The number of carbonyl (C=O) groups is 1. The van der Waals surface area contributed by atoms with E-state index >= 15 is 0 Å². The first-order chi connectivity index (χ1) is 8.06. The molecule has 2 rings (SSSR count). The zero-order valence-electron chi connectivity index (χ0n) is 8.72. The maximum absolute atomic E-state index is 10.9. The summed E-state index contributed by atoms with van der Waals surface area (Å²) in [4.78, 5) is 10.9. The van der Waals surface area contributed by atoms with Crippen LogP contribution in [0.15, 0.2) is 42.5 Å². The number of phenols is 1. The molecule has 0 fully saturated rings. The van der Waals surface area contributed by atoms with Gasteiger partial charge in [-0.15, -0.1) is 0 Å². The number of aromatic hydroxyl groups is 1. The fourth-order valence-electron chi connectivity index (χ4n) is 1.57. The van der Waals surface area contributed by atoms with E-state index in [1.54, 1.807) is 30.3 Å². The summed E-state index contributed by atoms with van der Waals surface area (Å²) >= 11 is 5.86. The summed E-state index contributed by atoms with van der Waals surface area (Å²) < 4.78 is 0. The predicted octanol–water partition coefficient (Wildman–Crippen LogP) is 3.41. The highest BCUT2D eigenvalue weighted by atomic mass is 35.5. The molecule has 0 bridgehead atoms. The molecule has 2 aromatic carbocycles. The van der Waals surface area contributed by atoms with Crippen LogP contribution < -0.4 is 0 Å². The van der Waals surface area contributed by atoms with E-state index in [1.807, 2.05) is 0 Å². The Bertz CT molecular complexity index is 579. The zero-order chi connectivity index (χ0) is 12.4. The molecule has 0 unspecified atom stereocenters. The number of phenolic OH excluding ortho intramolecular Hbond substituents is 1. The van der Waals surface area contributed by atoms with Crippen LogP contribution in [-0.2, 0) is 0 Å². The number of aromatic carboxylic acids is 1. The SMILES string of the molecule is O=C(O)c1cc(Cl)cc(-c2cccc(O)c2)c1. The fraction of sp³-hybridized carbons (Fsp3) is 0. The molecule has 0 spiro atoms. The van der Waals surface area contributed by atoms with E-state index in [4.69, 9.17) is 16.7 Å². The van der Waals surface area contributed by atoms with Crippen LogP contribution >= 0.6 is 11.6 Å². The summed E-state index contributed by atoms with van der Waals surface area (Å²) in [7, 11) is 0. The Kier molecular flexibility index (Phi) is 3.02. The molecule has 17 heavy (non-hydrogen) atoms. The van der Waals surface area contributed by atoms with E-state index in [2.05, 4.69) is 0 Å². The lowest BCUT2D eigenvalue weighted by molar-refractivity contribution is 0.0697. The van der Waals surface area contributed by atoms with Crippen LogP contribution in [0.5, 0.6) is 5.75 Å². The molecule has 0 atom stereocenters. The average molecular weight is 249 g/mol. The van der Waals surface area contributed by atoms with Crippen molar-refractivity contribution in [1.82, 2.24) is 0 Å². The molecule has 2 aromatic rings. The molecule has 0 saturated carbocycles. The minimum atomic E-state index is -1.03. The van der Waals surface area contributed by atoms with Crippen molar-refractivity contribution in [3.8, 4) is 16.9 Å². The van der Waals surface area contributed by atoms with Crippen molar-refractivity contribution in [2.45, 2.75) is 0 Å². The van der Waals surface area contributed by atoms with Gasteiger partial charge in [-0.3, -0.25) is 0 Å². The van der Waals surface area contributed by atoms with Crippen molar-refractivity contribution < 1.29 is 15.0 Å². The highest BCUT2D eigenvalue weighted by molar-refractivity contribution is 6.31. The zero-order valence-corrected chi connectivity index (χ0v) is 9.48. The van der Waals surface area contributed by atoms with E-state index in [0.717, 1.165) is 5.56 Å². The first-order valence-electron chi connectivity index (χ1n) is 4.89. The number of carboxylic acid groups (broad SMARTS) is 1. The summed E-state index contributed by atoms with van der Waals surface area (Å²) in [6.07, 6.45) is 0. The molecular formula is C13H9ClO3. The summed E-state index contributed by atoms with van der Waals surface area (Å²) in [6, 6.07) is 11.1. The molecule has 4 heteroatoms. The van der Waals surface area contributed by atoms with Gasteiger partial charge in [0.05, 0.1) is 5.56 Å². The van der Waals surface area contributed by atoms with E-state index in [0.29, 0.717) is 10.6 Å². The highest BCUT2D eigenvalue weighted by Gasteiger charge is 2.07. The molecule has 0 aliphatic heterocycles. The molecule has 0 aliphatic carbocycles. The lowest BCUT2D eigenvalue weighted by Gasteiger charge is -2.05. The fourth-order valence-corrected chi connectivity index (χ4v) is 1.80. The van der Waals surface area contributed by atoms with Gasteiger partial charge in [0.1, 0.15) is 5.75 Å². The summed E-state index contributed by atoms with van der Waals surface area (Å²) in [5, 5.41) is 18.7. The topological polar surface area (TPSA) is 57.5 Å². The number of hydrogen-bond donors (Lipinski definition) is 2. The van der Waals surface area contributed by atoms with Gasteiger partial charge in [0.25, 0.3) is 0 Å². The van der Waals surface area contributed by atoms with E-state index < -0.39 is 5.97 Å². The normalized spacial score (nSPS) is 10.2. The van der Waals surface area contributed by atoms with Gasteiger partial charge in [-0.1, -0.05) is 23.7 Å². The smallest absolute Gasteiger partial charge is 0.335 e. The van der Waals surface area contributed by atoms with Gasteiger partial charge >= 0.3 is 5.97 Å². The third kappa shape index (κ3) is 2.57. The lowest BCUT2D eigenvalue weighted by atomic mass is 10.0. The van der Waals surface area contributed by atoms with Crippen molar-refractivity contribution in [3.05, 3.63) is 53.1 Å². The van der Waals surface area contributed by atoms with Crippen LogP contribution in [0.3, 0.4) is 0 Å². The van der Waals surface area contributed by atoms with Crippen LogP contribution in [0.2, 0.25) is 5.02 Å². The third-order valence-electron chi connectivity index (χ3n) is 2.32. The Labute approximate surface area is 103 Å². The largest absolute Gasteiger partial charge is 0.508 e. The van der Waals surface area contributed by atoms with E-state index in [-0.39, 0.29) is 11.3 Å². The van der Waals surface area contributed by atoms with Crippen molar-refractivity contribution in [2.24, 2.45) is 0 Å². The van der Waals surface area contributed by atoms with Gasteiger partial charge in [-0.05, 0) is 41.5 Å². The maximum atomic E-state index is 10.9. The molecule has 0 amide bonds. The van der Waals surface area contributed by atoms with Crippen molar-refractivity contribution >= 4 is 17.6 Å². The molecule has 0 saturated heterocycles. The van der Waals surface area contributed by atoms with E-state index in [9.17, 15) is 9.90 Å². The average Bonchev–Trinajstić information content (AvgIpc) is 2.28. The number of hydrogen-bond acceptors (Lipinski definition) is 2. The second kappa shape index (κ2) is 4.47. The molecule has 3 nitrogen and oxygen atoms in total. The van der Waals surface area contributed by atoms with Gasteiger partial charge in [0.15, 0.2) is 0 Å². The Morgan fingerprint density at radius 2 is 1.82 bits per heavy atom. The third-order valence-corrected chi connectivity index (χ3v) is 2.54. The second-order valence-corrected chi connectivity index (χ2v) is 4.02. The summed E-state index contributed by atoms with van der Waals surface area (Å²) in [5.74, 6) is -0.909. The quantitative estimate of drug-likeness (QED) is 0.856. The Morgan fingerprint density at radius 3 is 2.47 bits per heavy atom. The molecule has 86 valence electrons. The Balaban J connectivity index is 2.56. The molecule has 0 aromatic heterocycles. The number of halogens is 1. The maximum Gasteiger partial charge on any atom is 0.335 e. The van der Waals surface area contributed by atoms with Crippen molar-refractivity contribution in [1.29, 1.82) is 0 Å². The number of benzene rings is 2. The molecule has 0 heterocycles. The molecule has 2 N–H and O–H groups in total. The van der Waals surface area contributed by atoms with Crippen molar-refractivity contribution in [2.75, 3.05) is 0 Å². The molecule has 0 radical (unpaired) electrons. The van der Waals surface area contributed by atoms with Gasteiger partial charge in [0, 0.05) is 5.02 Å². The molecule has 0 aliphatic rings. The Morgan fingerprint density at radius 1 is 1.06 bits per heavy atom. The number of carboxylic acids is 1. The molecular weight excluding hydrogens is 240 g/mol. The van der Waals surface area contributed by atoms with Crippen LogP contribution in [0, 0.1) is 0 Å². The van der Waals surface area contributed by atoms with Gasteiger partial charge in [0.2, 0.25) is 0 Å². The standard InChI is InChI=1S/C13H9ClO3/c14-11-5-9(4-10(6-11)13(16)17)8-2-1-3-12(15)7-8/h1-7,15H,(H,16,17). The highest BCUT2D eigenvalue weighted by Crippen LogP contribution is 2.27. The van der Waals surface area contributed by atoms with Crippen molar-refractivity contribution in [3.63, 3.8) is 0 Å². The minimum Gasteiger partial charge on any atom is -0.508 e. The van der Waals surface area contributed by atoms with E-state index in [1.165, 1.54) is 12.1 Å². The summed E-state index contributed by atoms with van der Waals surface area (Å²) in [5.41, 5.74) is 1.50. The minimum absolute atomic E-state index is 0.121. The number of rotatable bonds is 2. The Hall–Kier alpha value is -2.00. The van der Waals surface area contributed by atoms with Crippen LogP contribution in [0.1, 0.15) is 10.4 Å².